The molecule has 4 N–H and O–H groups in total. The van der Waals surface area contributed by atoms with E-state index in [0.29, 0.717) is 64.7 Å². The maximum atomic E-state index is 13.9. The van der Waals surface area contributed by atoms with E-state index in [2.05, 4.69) is 9.97 Å². The number of aromatic amines is 2. The lowest BCUT2D eigenvalue weighted by Crippen LogP contribution is -2.54. The number of H-pyrrole nitrogens is 2. The van der Waals surface area contributed by atoms with E-state index in [1.54, 1.807) is 0 Å². The Morgan fingerprint density at radius 1 is 0.607 bits per heavy atom. The molecule has 0 saturated carbocycles. The van der Waals surface area contributed by atoms with E-state index >= 15 is 0 Å². The predicted molar refractivity (Wildman–Crippen MR) is 191 cm³/mol. The number of aromatic nitrogens is 2. The zero-order valence-corrected chi connectivity index (χ0v) is 30.1. The first-order valence-electron chi connectivity index (χ1n) is 18.8. The van der Waals surface area contributed by atoms with Crippen molar-refractivity contribution >= 4 is 45.4 Å². The summed E-state index contributed by atoms with van der Waals surface area (Å²) < 4.78 is 79.3. The topological polar surface area (TPSA) is 137 Å². The zero-order chi connectivity index (χ0) is 39.5. The van der Waals surface area contributed by atoms with E-state index in [1.165, 1.54) is 10.0 Å². The molecule has 0 spiro atoms. The van der Waals surface area contributed by atoms with E-state index in [4.69, 9.17) is 0 Å². The lowest BCUT2D eigenvalue weighted by molar-refractivity contribution is -0.175. The Balaban J connectivity index is 1.14. The number of para-hydroxylation sites is 2. The van der Waals surface area contributed by atoms with Crippen LogP contribution in [0.15, 0.2) is 48.5 Å². The van der Waals surface area contributed by atoms with Gasteiger partial charge in [-0.2, -0.15) is 26.3 Å². The number of halogens is 6. The monoisotopic (exact) mass is 786 g/mol. The molecule has 0 bridgehead atoms. The van der Waals surface area contributed by atoms with Gasteiger partial charge >= 0.3 is 24.2 Å². The number of alkyl halides is 6. The van der Waals surface area contributed by atoms with Crippen molar-refractivity contribution in [2.24, 2.45) is 0 Å². The molecular formula is C38H40F6N8O4. The third kappa shape index (κ3) is 6.97. The van der Waals surface area contributed by atoms with Crippen molar-refractivity contribution < 1.29 is 45.5 Å². The fraction of sp³-hybridized carbons (Fsp3) is 0.474. The van der Waals surface area contributed by atoms with Crippen LogP contribution in [0.5, 0.6) is 0 Å². The molecule has 4 fully saturated rings. The first-order valence-corrected chi connectivity index (χ1v) is 18.8. The molecule has 0 aliphatic carbocycles. The fourth-order valence-corrected chi connectivity index (χ4v) is 8.97. The first-order chi connectivity index (χ1) is 26.7. The Morgan fingerprint density at radius 2 is 1.00 bits per heavy atom. The zero-order valence-electron chi connectivity index (χ0n) is 30.1. The minimum Gasteiger partial charge on any atom is -0.353 e. The van der Waals surface area contributed by atoms with E-state index in [1.807, 2.05) is 69.2 Å². The minimum atomic E-state index is -5.13. The average Bonchev–Trinajstić information content (AvgIpc) is 3.89. The van der Waals surface area contributed by atoms with Gasteiger partial charge in [0.1, 0.15) is 12.1 Å². The van der Waals surface area contributed by atoms with Crippen LogP contribution in [-0.4, -0.2) is 116 Å². The summed E-state index contributed by atoms with van der Waals surface area (Å²) in [6.45, 7) is 1.92. The van der Waals surface area contributed by atoms with Crippen LogP contribution in [0.4, 0.5) is 26.3 Å². The van der Waals surface area contributed by atoms with E-state index in [-0.39, 0.29) is 12.8 Å². The number of rotatable bonds is 7. The highest BCUT2D eigenvalue weighted by Crippen LogP contribution is 2.40. The van der Waals surface area contributed by atoms with E-state index in [9.17, 15) is 45.5 Å². The third-order valence-electron chi connectivity index (χ3n) is 11.5. The first kappa shape index (κ1) is 37.8. The standard InChI is InChI=1S/C38H40F6N8O4/c39-37(40,41)35(55)47-29-11-5-15-49-17-13-21(51(49)33(29)53)19-25-23-7-1-3-9-27(23)45-31(25)32-26(24-8-2-4-10-28(24)46-32)20-22-14-18-50-16-6-12-30(34(54)52(22)50)48-36(56)38(42,43)44/h1-4,7-10,21-22,29-30,45-46H,5-6,11-20H2,(H,47,55)(H,48,56)/t21-,22-,29-,30-/m0/s1. The molecule has 56 heavy (non-hydrogen) atoms. The lowest BCUT2D eigenvalue weighted by Gasteiger charge is -2.33. The summed E-state index contributed by atoms with van der Waals surface area (Å²) in [6, 6.07) is 11.8. The average molecular weight is 787 g/mol. The molecule has 0 unspecified atom stereocenters. The van der Waals surface area contributed by atoms with Crippen LogP contribution < -0.4 is 10.6 Å². The molecule has 4 aromatic rings. The molecule has 2 aromatic carbocycles. The Kier molecular flexibility index (Phi) is 9.75. The van der Waals surface area contributed by atoms with E-state index < -0.39 is 60.1 Å². The van der Waals surface area contributed by atoms with Gasteiger partial charge in [0.15, 0.2) is 0 Å². The van der Waals surface area contributed by atoms with Crippen LogP contribution in [0.2, 0.25) is 0 Å². The van der Waals surface area contributed by atoms with Crippen molar-refractivity contribution in [1.29, 1.82) is 0 Å². The van der Waals surface area contributed by atoms with Crippen LogP contribution in [0.3, 0.4) is 0 Å². The molecule has 4 saturated heterocycles. The van der Waals surface area contributed by atoms with Gasteiger partial charge in [-0.15, -0.1) is 0 Å². The number of nitrogens with one attached hydrogen (secondary N) is 4. The van der Waals surface area contributed by atoms with E-state index in [0.717, 1.165) is 44.3 Å². The van der Waals surface area contributed by atoms with Gasteiger partial charge in [0.25, 0.3) is 11.8 Å². The second-order valence-electron chi connectivity index (χ2n) is 14.9. The summed E-state index contributed by atoms with van der Waals surface area (Å²) in [5.41, 5.74) is 4.81. The number of carbonyl (C=O) groups is 4. The lowest BCUT2D eigenvalue weighted by atomic mass is 9.95. The van der Waals surface area contributed by atoms with Crippen molar-refractivity contribution in [1.82, 2.24) is 40.6 Å². The van der Waals surface area contributed by atoms with Crippen LogP contribution in [-0.2, 0) is 32.0 Å². The van der Waals surface area contributed by atoms with Crippen molar-refractivity contribution in [2.75, 3.05) is 26.2 Å². The minimum absolute atomic E-state index is 0.0741. The molecule has 298 valence electrons. The van der Waals surface area contributed by atoms with Crippen molar-refractivity contribution in [3.8, 4) is 11.4 Å². The maximum Gasteiger partial charge on any atom is 0.471 e. The van der Waals surface area contributed by atoms with Gasteiger partial charge in [0.2, 0.25) is 0 Å². The largest absolute Gasteiger partial charge is 0.471 e. The van der Waals surface area contributed by atoms with Crippen LogP contribution >= 0.6 is 0 Å². The van der Waals surface area contributed by atoms with Crippen molar-refractivity contribution in [2.45, 2.75) is 87.9 Å². The Morgan fingerprint density at radius 3 is 1.39 bits per heavy atom. The molecular weight excluding hydrogens is 746 g/mol. The number of hydrazine groups is 2. The number of amides is 4. The molecule has 4 atom stereocenters. The molecule has 4 aliphatic rings. The van der Waals surface area contributed by atoms with Crippen LogP contribution in [0, 0.1) is 0 Å². The highest BCUT2D eigenvalue weighted by atomic mass is 19.4. The third-order valence-corrected chi connectivity index (χ3v) is 11.5. The Labute approximate surface area is 316 Å². The second kappa shape index (κ2) is 14.4. The Hall–Kier alpha value is -5.10. The predicted octanol–water partition coefficient (Wildman–Crippen LogP) is 4.72. The number of carbonyl (C=O) groups excluding carboxylic acids is 4. The summed E-state index contributed by atoms with van der Waals surface area (Å²) in [6.07, 6.45) is -7.52. The van der Waals surface area contributed by atoms with Gasteiger partial charge in [-0.25, -0.2) is 10.0 Å². The molecule has 6 heterocycles. The second-order valence-corrected chi connectivity index (χ2v) is 14.9. The highest BCUT2D eigenvalue weighted by molar-refractivity contribution is 5.97. The summed E-state index contributed by atoms with van der Waals surface area (Å²) in [5, 5.41) is 12.3. The highest BCUT2D eigenvalue weighted by Gasteiger charge is 2.47. The number of fused-ring (bicyclic) bond motifs is 4. The van der Waals surface area contributed by atoms with Gasteiger partial charge in [0, 0.05) is 48.0 Å². The van der Waals surface area contributed by atoms with Gasteiger partial charge in [0.05, 0.1) is 23.5 Å². The van der Waals surface area contributed by atoms with Gasteiger partial charge in [-0.05, 0) is 74.6 Å². The van der Waals surface area contributed by atoms with Crippen LogP contribution in [0.25, 0.3) is 33.2 Å². The summed E-state index contributed by atoms with van der Waals surface area (Å²) >= 11 is 0. The smallest absolute Gasteiger partial charge is 0.353 e. The quantitative estimate of drug-likeness (QED) is 0.201. The van der Waals surface area contributed by atoms with Gasteiger partial charge < -0.3 is 20.6 Å². The molecule has 4 aliphatic heterocycles. The van der Waals surface area contributed by atoms with Crippen LogP contribution in [0.1, 0.15) is 49.7 Å². The van der Waals surface area contributed by atoms with Gasteiger partial charge in [-0.1, -0.05) is 36.4 Å². The normalized spacial score (nSPS) is 24.0. The molecule has 8 rings (SSSR count). The summed E-state index contributed by atoms with van der Waals surface area (Å²) in [5.74, 6) is -5.49. The van der Waals surface area contributed by atoms with Gasteiger partial charge in [-0.3, -0.25) is 29.2 Å². The molecule has 0 radical (unpaired) electrons. The molecule has 4 amide bonds. The number of hydrogen-bond acceptors (Lipinski definition) is 6. The number of nitrogens with zero attached hydrogens (tertiary/aromatic N) is 4. The fourth-order valence-electron chi connectivity index (χ4n) is 8.97. The summed E-state index contributed by atoms with van der Waals surface area (Å²) in [7, 11) is 0. The van der Waals surface area contributed by atoms with Crippen molar-refractivity contribution in [3.63, 3.8) is 0 Å². The number of benzene rings is 2. The van der Waals surface area contributed by atoms with Crippen molar-refractivity contribution in [3.05, 3.63) is 59.7 Å². The maximum absolute atomic E-state index is 13.9. The molecule has 2 aromatic heterocycles. The summed E-state index contributed by atoms with van der Waals surface area (Å²) in [4.78, 5) is 58.7. The SMILES string of the molecule is O=C1[C@@H](NC(=O)C(F)(F)F)CCCN2CC[C@@H](Cc3c(-c4[nH]c5ccccc5c4C[C@@H]4CCN5CCC[C@H](NC(=O)C(F)(F)F)C(=O)N45)[nH]c4ccccc34)N12. The molecule has 12 nitrogen and oxygen atoms in total. The number of hydrogen-bond donors (Lipinski definition) is 4. The molecule has 18 heteroatoms. The Bertz CT molecular complexity index is 2030.